The lowest BCUT2D eigenvalue weighted by atomic mass is 10.1. The fourth-order valence-electron chi connectivity index (χ4n) is 2.06. The Kier molecular flexibility index (Phi) is 5.41. The molecule has 0 saturated heterocycles. The molecule has 2 aromatic rings. The molecule has 124 valence electrons. The van der Waals surface area contributed by atoms with Crippen molar-refractivity contribution in [3.05, 3.63) is 47.1 Å². The van der Waals surface area contributed by atoms with Crippen molar-refractivity contribution in [2.75, 3.05) is 0 Å². The van der Waals surface area contributed by atoms with Gasteiger partial charge in [0.1, 0.15) is 11.6 Å². The number of benzene rings is 1. The van der Waals surface area contributed by atoms with Crippen molar-refractivity contribution in [3.63, 3.8) is 0 Å². The van der Waals surface area contributed by atoms with Gasteiger partial charge >= 0.3 is 0 Å². The summed E-state index contributed by atoms with van der Waals surface area (Å²) < 4.78 is 31.9. The van der Waals surface area contributed by atoms with Gasteiger partial charge < -0.3 is 9.84 Å². The highest BCUT2D eigenvalue weighted by molar-refractivity contribution is 5.76. The zero-order valence-corrected chi connectivity index (χ0v) is 13.3. The van der Waals surface area contributed by atoms with Crippen LogP contribution in [0.5, 0.6) is 0 Å². The van der Waals surface area contributed by atoms with E-state index in [4.69, 9.17) is 4.52 Å². The number of halogens is 2. The SMILES string of the molecule is CC(C)c1noc(CCC(=O)NC(C)c2cc(F)ccc2F)n1. The largest absolute Gasteiger partial charge is 0.349 e. The van der Waals surface area contributed by atoms with Crippen LogP contribution in [0.3, 0.4) is 0 Å². The van der Waals surface area contributed by atoms with Crippen molar-refractivity contribution in [2.24, 2.45) is 0 Å². The van der Waals surface area contributed by atoms with E-state index >= 15 is 0 Å². The van der Waals surface area contributed by atoms with Crippen LogP contribution in [0.1, 0.15) is 56.4 Å². The quantitative estimate of drug-likeness (QED) is 0.886. The Balaban J connectivity index is 1.89. The molecule has 1 aromatic carbocycles. The molecular formula is C16H19F2N3O2. The van der Waals surface area contributed by atoms with Crippen molar-refractivity contribution in [2.45, 2.75) is 45.6 Å². The molecule has 0 aliphatic heterocycles. The highest BCUT2D eigenvalue weighted by atomic mass is 19.1. The van der Waals surface area contributed by atoms with Crippen molar-refractivity contribution < 1.29 is 18.1 Å². The molecule has 0 aliphatic rings. The van der Waals surface area contributed by atoms with Crippen LogP contribution >= 0.6 is 0 Å². The van der Waals surface area contributed by atoms with E-state index < -0.39 is 17.7 Å². The van der Waals surface area contributed by atoms with Crippen molar-refractivity contribution >= 4 is 5.91 Å². The summed E-state index contributed by atoms with van der Waals surface area (Å²) in [5, 5.41) is 6.44. The number of amides is 1. The van der Waals surface area contributed by atoms with E-state index in [1.54, 1.807) is 6.92 Å². The van der Waals surface area contributed by atoms with Gasteiger partial charge in [0.25, 0.3) is 0 Å². The average Bonchev–Trinajstić information content (AvgIpc) is 2.96. The molecule has 0 spiro atoms. The molecule has 7 heteroatoms. The molecule has 1 unspecified atom stereocenters. The fourth-order valence-corrected chi connectivity index (χ4v) is 2.06. The molecule has 2 rings (SSSR count). The summed E-state index contributed by atoms with van der Waals surface area (Å²) in [6, 6.07) is 2.52. The first-order valence-corrected chi connectivity index (χ1v) is 7.43. The molecule has 0 fully saturated rings. The number of hydrogen-bond donors (Lipinski definition) is 1. The Morgan fingerprint density at radius 3 is 2.70 bits per heavy atom. The van der Waals surface area contributed by atoms with E-state index in [-0.39, 0.29) is 23.8 Å². The minimum absolute atomic E-state index is 0.109. The predicted molar refractivity (Wildman–Crippen MR) is 79.6 cm³/mol. The summed E-state index contributed by atoms with van der Waals surface area (Å²) in [4.78, 5) is 16.1. The number of hydrogen-bond acceptors (Lipinski definition) is 4. The van der Waals surface area contributed by atoms with Gasteiger partial charge in [-0.15, -0.1) is 0 Å². The Morgan fingerprint density at radius 1 is 1.30 bits per heavy atom. The molecule has 1 heterocycles. The van der Waals surface area contributed by atoms with Crippen LogP contribution in [0.25, 0.3) is 0 Å². The first-order valence-electron chi connectivity index (χ1n) is 7.43. The van der Waals surface area contributed by atoms with Crippen molar-refractivity contribution in [3.8, 4) is 0 Å². The highest BCUT2D eigenvalue weighted by Gasteiger charge is 2.16. The minimum atomic E-state index is -0.632. The van der Waals surface area contributed by atoms with Gasteiger partial charge in [-0.05, 0) is 25.1 Å². The molecule has 0 bridgehead atoms. The van der Waals surface area contributed by atoms with Crippen LogP contribution in [0, 0.1) is 11.6 Å². The molecule has 23 heavy (non-hydrogen) atoms. The first kappa shape index (κ1) is 17.1. The van der Waals surface area contributed by atoms with Gasteiger partial charge in [0, 0.05) is 24.3 Å². The molecule has 0 radical (unpaired) electrons. The fraction of sp³-hybridized carbons (Fsp3) is 0.438. The number of rotatable bonds is 6. The molecule has 1 N–H and O–H groups in total. The second-order valence-electron chi connectivity index (χ2n) is 5.66. The van der Waals surface area contributed by atoms with E-state index in [2.05, 4.69) is 15.5 Å². The van der Waals surface area contributed by atoms with E-state index in [1.807, 2.05) is 13.8 Å². The standard InChI is InChI=1S/C16H19F2N3O2/c1-9(2)16-20-15(23-21-16)7-6-14(22)19-10(3)12-8-11(17)4-5-13(12)18/h4-5,8-10H,6-7H2,1-3H3,(H,19,22). The summed E-state index contributed by atoms with van der Waals surface area (Å²) in [5.41, 5.74) is 0.109. The summed E-state index contributed by atoms with van der Waals surface area (Å²) in [5.74, 6) is -0.279. The Labute approximate surface area is 133 Å². The Bertz CT molecular complexity index is 686. The van der Waals surface area contributed by atoms with E-state index in [9.17, 15) is 13.6 Å². The van der Waals surface area contributed by atoms with Gasteiger partial charge in [0.2, 0.25) is 11.8 Å². The van der Waals surface area contributed by atoms with Crippen LogP contribution in [-0.4, -0.2) is 16.0 Å². The average molecular weight is 323 g/mol. The van der Waals surface area contributed by atoms with Crippen LogP contribution in [0.15, 0.2) is 22.7 Å². The summed E-state index contributed by atoms with van der Waals surface area (Å²) in [7, 11) is 0. The molecule has 1 atom stereocenters. The summed E-state index contributed by atoms with van der Waals surface area (Å²) in [6.45, 7) is 5.48. The van der Waals surface area contributed by atoms with Gasteiger partial charge in [-0.1, -0.05) is 19.0 Å². The normalized spacial score (nSPS) is 12.4. The third-order valence-corrected chi connectivity index (χ3v) is 3.37. The van der Waals surface area contributed by atoms with Crippen molar-refractivity contribution in [1.29, 1.82) is 0 Å². The maximum absolute atomic E-state index is 13.6. The molecule has 1 amide bonds. The number of aryl methyl sites for hydroxylation is 1. The lowest BCUT2D eigenvalue weighted by molar-refractivity contribution is -0.121. The predicted octanol–water partition coefficient (Wildman–Crippen LogP) is 3.28. The van der Waals surface area contributed by atoms with Crippen LogP contribution < -0.4 is 5.32 Å². The van der Waals surface area contributed by atoms with Gasteiger partial charge in [-0.2, -0.15) is 4.98 Å². The second-order valence-corrected chi connectivity index (χ2v) is 5.66. The zero-order valence-electron chi connectivity index (χ0n) is 13.3. The third-order valence-electron chi connectivity index (χ3n) is 3.37. The second kappa shape index (κ2) is 7.30. The number of carbonyl (C=O) groups is 1. The maximum atomic E-state index is 13.6. The zero-order chi connectivity index (χ0) is 17.0. The summed E-state index contributed by atoms with van der Waals surface area (Å²) in [6.07, 6.45) is 0.422. The van der Waals surface area contributed by atoms with Gasteiger partial charge in [-0.3, -0.25) is 4.79 Å². The lowest BCUT2D eigenvalue weighted by Crippen LogP contribution is -2.27. The number of carbonyl (C=O) groups excluding carboxylic acids is 1. The van der Waals surface area contributed by atoms with E-state index in [0.29, 0.717) is 18.1 Å². The highest BCUT2D eigenvalue weighted by Crippen LogP contribution is 2.18. The Hall–Kier alpha value is -2.31. The molecule has 0 saturated carbocycles. The van der Waals surface area contributed by atoms with Crippen LogP contribution in [-0.2, 0) is 11.2 Å². The molecule has 5 nitrogen and oxygen atoms in total. The van der Waals surface area contributed by atoms with Crippen LogP contribution in [0.2, 0.25) is 0 Å². The summed E-state index contributed by atoms with van der Waals surface area (Å²) >= 11 is 0. The van der Waals surface area contributed by atoms with E-state index in [1.165, 1.54) is 0 Å². The number of nitrogens with one attached hydrogen (secondary N) is 1. The first-order chi connectivity index (χ1) is 10.9. The Morgan fingerprint density at radius 2 is 2.04 bits per heavy atom. The minimum Gasteiger partial charge on any atom is -0.349 e. The van der Waals surface area contributed by atoms with Gasteiger partial charge in [0.05, 0.1) is 6.04 Å². The number of aromatic nitrogens is 2. The number of nitrogens with zero attached hydrogens (tertiary/aromatic N) is 2. The molecule has 0 aliphatic carbocycles. The van der Waals surface area contributed by atoms with Crippen LogP contribution in [0.4, 0.5) is 8.78 Å². The van der Waals surface area contributed by atoms with E-state index in [0.717, 1.165) is 18.2 Å². The van der Waals surface area contributed by atoms with Gasteiger partial charge in [0.15, 0.2) is 5.82 Å². The monoisotopic (exact) mass is 323 g/mol. The molecule has 1 aromatic heterocycles. The van der Waals surface area contributed by atoms with Gasteiger partial charge in [-0.25, -0.2) is 8.78 Å². The smallest absolute Gasteiger partial charge is 0.227 e. The maximum Gasteiger partial charge on any atom is 0.227 e. The van der Waals surface area contributed by atoms with Crippen molar-refractivity contribution in [1.82, 2.24) is 15.5 Å². The third kappa shape index (κ3) is 4.58. The topological polar surface area (TPSA) is 68.0 Å². The molecular weight excluding hydrogens is 304 g/mol. The lowest BCUT2D eigenvalue weighted by Gasteiger charge is -2.15.